The molecule has 0 aromatic heterocycles. The van der Waals surface area contributed by atoms with E-state index in [2.05, 4.69) is 62.3 Å². The maximum Gasteiger partial charge on any atom is 0.0475 e. The van der Waals surface area contributed by atoms with E-state index in [4.69, 9.17) is 0 Å². The molecular formula is C16H26N2. The van der Waals surface area contributed by atoms with Gasteiger partial charge >= 0.3 is 0 Å². The van der Waals surface area contributed by atoms with Gasteiger partial charge in [0.05, 0.1) is 0 Å². The van der Waals surface area contributed by atoms with Crippen molar-refractivity contribution in [3.8, 4) is 0 Å². The molecule has 1 N–H and O–H groups in total. The number of nitrogens with zero attached hydrogens (tertiary/aromatic N) is 1. The van der Waals surface area contributed by atoms with Crippen molar-refractivity contribution in [1.29, 1.82) is 0 Å². The summed E-state index contributed by atoms with van der Waals surface area (Å²) in [7, 11) is 2.27. The highest BCUT2D eigenvalue weighted by atomic mass is 15.2. The average molecular weight is 246 g/mol. The zero-order valence-corrected chi connectivity index (χ0v) is 12.1. The van der Waals surface area contributed by atoms with Crippen molar-refractivity contribution in [2.75, 3.05) is 13.6 Å². The van der Waals surface area contributed by atoms with Crippen LogP contribution in [-0.4, -0.2) is 24.5 Å². The summed E-state index contributed by atoms with van der Waals surface area (Å²) in [6.07, 6.45) is 1.26. The maximum atomic E-state index is 3.54. The second kappa shape index (κ2) is 5.85. The van der Waals surface area contributed by atoms with Crippen LogP contribution >= 0.6 is 0 Å². The Morgan fingerprint density at radius 3 is 2.72 bits per heavy atom. The van der Waals surface area contributed by atoms with Crippen molar-refractivity contribution < 1.29 is 0 Å². The van der Waals surface area contributed by atoms with Crippen LogP contribution in [0.4, 0.5) is 0 Å². The minimum absolute atomic E-state index is 0.517. The number of hydrogen-bond donors (Lipinski definition) is 1. The Morgan fingerprint density at radius 2 is 2.00 bits per heavy atom. The predicted molar refractivity (Wildman–Crippen MR) is 77.6 cm³/mol. The van der Waals surface area contributed by atoms with Crippen LogP contribution in [0.1, 0.15) is 44.4 Å². The van der Waals surface area contributed by atoms with Crippen LogP contribution in [0.2, 0.25) is 0 Å². The summed E-state index contributed by atoms with van der Waals surface area (Å²) in [6.45, 7) is 9.03. The van der Waals surface area contributed by atoms with E-state index in [1.807, 2.05) is 0 Å². The van der Waals surface area contributed by atoms with Crippen LogP contribution in [0, 0.1) is 5.92 Å². The van der Waals surface area contributed by atoms with E-state index in [-0.39, 0.29) is 0 Å². The second-order valence-electron chi connectivity index (χ2n) is 5.99. The smallest absolute Gasteiger partial charge is 0.0475 e. The second-order valence-corrected chi connectivity index (χ2v) is 5.99. The van der Waals surface area contributed by atoms with Gasteiger partial charge in [-0.25, -0.2) is 0 Å². The molecule has 2 atom stereocenters. The quantitative estimate of drug-likeness (QED) is 0.877. The van der Waals surface area contributed by atoms with Gasteiger partial charge < -0.3 is 5.32 Å². The first-order valence-corrected chi connectivity index (χ1v) is 7.10. The van der Waals surface area contributed by atoms with Gasteiger partial charge in [0.2, 0.25) is 0 Å². The molecule has 100 valence electrons. The van der Waals surface area contributed by atoms with E-state index in [1.165, 1.54) is 17.5 Å². The molecule has 2 unspecified atom stereocenters. The highest BCUT2D eigenvalue weighted by molar-refractivity contribution is 5.32. The van der Waals surface area contributed by atoms with E-state index in [0.29, 0.717) is 12.1 Å². The minimum Gasteiger partial charge on any atom is -0.311 e. The zero-order valence-electron chi connectivity index (χ0n) is 12.1. The summed E-state index contributed by atoms with van der Waals surface area (Å²) in [6, 6.07) is 9.99. The molecule has 0 amide bonds. The Morgan fingerprint density at radius 1 is 1.28 bits per heavy atom. The van der Waals surface area contributed by atoms with Gasteiger partial charge in [-0.1, -0.05) is 38.1 Å². The number of nitrogens with one attached hydrogen (secondary N) is 1. The molecule has 0 fully saturated rings. The van der Waals surface area contributed by atoms with Gasteiger partial charge in [-0.15, -0.1) is 0 Å². The summed E-state index contributed by atoms with van der Waals surface area (Å²) < 4.78 is 0. The standard InChI is InChI=1S/C16H26N2/c1-12(2)9-13(3)18(4)16-11-17-10-14-7-5-6-8-15(14)16/h5-8,12-13,16-17H,9-11H2,1-4H3. The fourth-order valence-electron chi connectivity index (χ4n) is 2.99. The molecular weight excluding hydrogens is 220 g/mol. The fourth-order valence-corrected chi connectivity index (χ4v) is 2.99. The first-order chi connectivity index (χ1) is 8.59. The molecule has 2 nitrogen and oxygen atoms in total. The molecule has 1 aliphatic heterocycles. The van der Waals surface area contributed by atoms with E-state index in [1.54, 1.807) is 0 Å². The number of likely N-dealkylation sites (N-methyl/N-ethyl adjacent to an activating group) is 1. The van der Waals surface area contributed by atoms with Crippen LogP contribution in [0.15, 0.2) is 24.3 Å². The number of hydrogen-bond acceptors (Lipinski definition) is 2. The Labute approximate surface area is 111 Å². The minimum atomic E-state index is 0.517. The SMILES string of the molecule is CC(C)CC(C)N(C)C1CNCc2ccccc21. The lowest BCUT2D eigenvalue weighted by atomic mass is 9.93. The summed E-state index contributed by atoms with van der Waals surface area (Å²) in [4.78, 5) is 2.53. The monoisotopic (exact) mass is 246 g/mol. The number of fused-ring (bicyclic) bond motifs is 1. The third-order valence-electron chi connectivity index (χ3n) is 4.07. The van der Waals surface area contributed by atoms with Crippen molar-refractivity contribution in [3.05, 3.63) is 35.4 Å². The van der Waals surface area contributed by atoms with Gasteiger partial charge in [0.25, 0.3) is 0 Å². The van der Waals surface area contributed by atoms with E-state index in [9.17, 15) is 0 Å². The summed E-state index contributed by atoms with van der Waals surface area (Å²) in [5, 5.41) is 3.54. The average Bonchev–Trinajstić information content (AvgIpc) is 2.36. The zero-order chi connectivity index (χ0) is 13.1. The molecule has 1 heterocycles. The van der Waals surface area contributed by atoms with Crippen molar-refractivity contribution >= 4 is 0 Å². The van der Waals surface area contributed by atoms with Gasteiger partial charge in [0, 0.05) is 25.2 Å². The molecule has 1 aromatic carbocycles. The summed E-state index contributed by atoms with van der Waals surface area (Å²) >= 11 is 0. The number of rotatable bonds is 4. The van der Waals surface area contributed by atoms with E-state index in [0.717, 1.165) is 19.0 Å². The molecule has 0 bridgehead atoms. The van der Waals surface area contributed by atoms with E-state index < -0.39 is 0 Å². The third-order valence-corrected chi connectivity index (χ3v) is 4.07. The molecule has 0 saturated carbocycles. The normalized spacial score (nSPS) is 21.1. The summed E-state index contributed by atoms with van der Waals surface area (Å²) in [5.41, 5.74) is 2.96. The van der Waals surface area contributed by atoms with Gasteiger partial charge in [0.1, 0.15) is 0 Å². The maximum absolute atomic E-state index is 3.54. The molecule has 18 heavy (non-hydrogen) atoms. The van der Waals surface area contributed by atoms with Crippen LogP contribution in [-0.2, 0) is 6.54 Å². The molecule has 0 saturated heterocycles. The Balaban J connectivity index is 2.14. The molecule has 0 spiro atoms. The largest absolute Gasteiger partial charge is 0.311 e. The molecule has 2 heteroatoms. The highest BCUT2D eigenvalue weighted by Gasteiger charge is 2.26. The van der Waals surface area contributed by atoms with Gasteiger partial charge in [-0.2, -0.15) is 0 Å². The van der Waals surface area contributed by atoms with Gasteiger partial charge in [-0.05, 0) is 37.4 Å². The Hall–Kier alpha value is -0.860. The molecule has 2 rings (SSSR count). The molecule has 1 aromatic rings. The molecule has 0 radical (unpaired) electrons. The van der Waals surface area contributed by atoms with Crippen LogP contribution in [0.5, 0.6) is 0 Å². The van der Waals surface area contributed by atoms with Gasteiger partial charge in [-0.3, -0.25) is 4.90 Å². The van der Waals surface area contributed by atoms with E-state index >= 15 is 0 Å². The third kappa shape index (κ3) is 2.93. The first kappa shape index (κ1) is 13.6. The fraction of sp³-hybridized carbons (Fsp3) is 0.625. The number of benzene rings is 1. The highest BCUT2D eigenvalue weighted by Crippen LogP contribution is 2.28. The lowest BCUT2D eigenvalue weighted by molar-refractivity contribution is 0.155. The topological polar surface area (TPSA) is 15.3 Å². The predicted octanol–water partition coefficient (Wildman–Crippen LogP) is 3.20. The van der Waals surface area contributed by atoms with Crippen molar-refractivity contribution in [3.63, 3.8) is 0 Å². The lowest BCUT2D eigenvalue weighted by Crippen LogP contribution is -2.42. The molecule has 1 aliphatic rings. The molecule has 0 aliphatic carbocycles. The van der Waals surface area contributed by atoms with Crippen LogP contribution in [0.25, 0.3) is 0 Å². The Bertz CT molecular complexity index is 386. The summed E-state index contributed by atoms with van der Waals surface area (Å²) in [5.74, 6) is 0.759. The van der Waals surface area contributed by atoms with Crippen molar-refractivity contribution in [1.82, 2.24) is 10.2 Å². The first-order valence-electron chi connectivity index (χ1n) is 7.10. The van der Waals surface area contributed by atoms with Crippen LogP contribution < -0.4 is 5.32 Å². The Kier molecular flexibility index (Phi) is 4.41. The van der Waals surface area contributed by atoms with Crippen molar-refractivity contribution in [2.24, 2.45) is 5.92 Å². The van der Waals surface area contributed by atoms with Crippen molar-refractivity contribution in [2.45, 2.75) is 45.8 Å². The van der Waals surface area contributed by atoms with Crippen LogP contribution in [0.3, 0.4) is 0 Å². The lowest BCUT2D eigenvalue weighted by Gasteiger charge is -2.38. The van der Waals surface area contributed by atoms with Gasteiger partial charge in [0.15, 0.2) is 0 Å².